The number of carbonyl (C=O) groups is 1. The monoisotopic (exact) mass is 359 g/mol. The van der Waals surface area contributed by atoms with Gasteiger partial charge in [0.1, 0.15) is 6.54 Å². The molecular formula is C15H20F3N5O2. The number of aryl methyl sites for hydroxylation is 3. The summed E-state index contributed by atoms with van der Waals surface area (Å²) in [5.74, 6) is 0.0830. The Labute approximate surface area is 142 Å². The van der Waals surface area contributed by atoms with Crippen molar-refractivity contribution in [2.24, 2.45) is 7.05 Å². The molecular weight excluding hydrogens is 339 g/mol. The van der Waals surface area contributed by atoms with Gasteiger partial charge in [0.25, 0.3) is 0 Å². The van der Waals surface area contributed by atoms with Crippen LogP contribution in [0.15, 0.2) is 6.07 Å². The fourth-order valence-electron chi connectivity index (χ4n) is 2.51. The van der Waals surface area contributed by atoms with E-state index in [1.807, 2.05) is 6.92 Å². The van der Waals surface area contributed by atoms with E-state index in [0.29, 0.717) is 12.3 Å². The largest absolute Gasteiger partial charge is 0.481 e. The first kappa shape index (κ1) is 18.8. The first-order valence-corrected chi connectivity index (χ1v) is 7.64. The molecule has 0 aromatic carbocycles. The third kappa shape index (κ3) is 4.12. The maximum absolute atomic E-state index is 12.7. The van der Waals surface area contributed by atoms with E-state index in [0.717, 1.165) is 22.0 Å². The molecule has 0 aliphatic rings. The Hall–Kier alpha value is -2.52. The van der Waals surface area contributed by atoms with Gasteiger partial charge in [-0.1, -0.05) is 6.92 Å². The van der Waals surface area contributed by atoms with Crippen LogP contribution in [-0.4, -0.2) is 32.6 Å². The number of nitrogens with zero attached hydrogens (tertiary/aromatic N) is 4. The normalized spacial score (nSPS) is 11.6. The molecule has 0 saturated heterocycles. The number of hydrogen-bond acceptors (Lipinski definition) is 4. The smallest absolute Gasteiger partial charge is 0.435 e. The molecule has 138 valence electrons. The van der Waals surface area contributed by atoms with Crippen molar-refractivity contribution in [2.75, 3.05) is 7.11 Å². The molecule has 0 fully saturated rings. The minimum atomic E-state index is -4.54. The molecule has 7 nitrogen and oxygen atoms in total. The van der Waals surface area contributed by atoms with Crippen molar-refractivity contribution in [2.45, 2.75) is 39.5 Å². The number of halogens is 3. The lowest BCUT2D eigenvalue weighted by Crippen LogP contribution is -2.28. The number of hydrogen-bond donors (Lipinski definition) is 1. The zero-order valence-corrected chi connectivity index (χ0v) is 14.4. The third-order valence-corrected chi connectivity index (χ3v) is 3.73. The summed E-state index contributed by atoms with van der Waals surface area (Å²) in [4.78, 5) is 12.1. The Kier molecular flexibility index (Phi) is 5.39. The van der Waals surface area contributed by atoms with Crippen LogP contribution in [-0.2, 0) is 37.5 Å². The average Bonchev–Trinajstić information content (AvgIpc) is 3.04. The predicted molar refractivity (Wildman–Crippen MR) is 83.0 cm³/mol. The molecule has 0 saturated carbocycles. The molecule has 2 aromatic heterocycles. The second kappa shape index (κ2) is 7.16. The van der Waals surface area contributed by atoms with Gasteiger partial charge in [-0.05, 0) is 19.4 Å². The molecule has 1 N–H and O–H groups in total. The van der Waals surface area contributed by atoms with E-state index in [1.165, 1.54) is 14.0 Å². The maximum Gasteiger partial charge on any atom is 0.435 e. The van der Waals surface area contributed by atoms with E-state index < -0.39 is 17.8 Å². The minimum Gasteiger partial charge on any atom is -0.481 e. The molecule has 0 unspecified atom stereocenters. The molecule has 10 heteroatoms. The summed E-state index contributed by atoms with van der Waals surface area (Å²) >= 11 is 0. The van der Waals surface area contributed by atoms with Gasteiger partial charge in [-0.25, -0.2) is 4.68 Å². The molecule has 0 aliphatic carbocycles. The van der Waals surface area contributed by atoms with Crippen LogP contribution in [0, 0.1) is 6.92 Å². The summed E-state index contributed by atoms with van der Waals surface area (Å²) in [5.41, 5.74) is 0.777. The summed E-state index contributed by atoms with van der Waals surface area (Å²) in [6.07, 6.45) is -3.87. The fourth-order valence-corrected chi connectivity index (χ4v) is 2.51. The van der Waals surface area contributed by atoms with Gasteiger partial charge in [-0.3, -0.25) is 9.48 Å². The first-order chi connectivity index (χ1) is 11.7. The lowest BCUT2D eigenvalue weighted by Gasteiger charge is -2.09. The van der Waals surface area contributed by atoms with Gasteiger partial charge in [-0.2, -0.15) is 23.4 Å². The van der Waals surface area contributed by atoms with Crippen molar-refractivity contribution in [1.29, 1.82) is 0 Å². The van der Waals surface area contributed by atoms with Gasteiger partial charge < -0.3 is 10.1 Å². The summed E-state index contributed by atoms with van der Waals surface area (Å²) in [5, 5.41) is 10.4. The van der Waals surface area contributed by atoms with Crippen LogP contribution in [0.25, 0.3) is 0 Å². The van der Waals surface area contributed by atoms with Crippen LogP contribution in [0.1, 0.15) is 29.6 Å². The van der Waals surface area contributed by atoms with Crippen molar-refractivity contribution < 1.29 is 22.7 Å². The van der Waals surface area contributed by atoms with E-state index in [9.17, 15) is 18.0 Å². The molecule has 0 atom stereocenters. The van der Waals surface area contributed by atoms with Crippen LogP contribution in [0.4, 0.5) is 13.2 Å². The second-order valence-corrected chi connectivity index (χ2v) is 5.51. The summed E-state index contributed by atoms with van der Waals surface area (Å²) < 4.78 is 45.9. The highest BCUT2D eigenvalue weighted by molar-refractivity contribution is 5.75. The van der Waals surface area contributed by atoms with Crippen molar-refractivity contribution in [3.05, 3.63) is 28.7 Å². The zero-order chi connectivity index (χ0) is 18.8. The molecule has 0 spiro atoms. The topological polar surface area (TPSA) is 74.0 Å². The Bertz CT molecular complexity index is 764. The van der Waals surface area contributed by atoms with Crippen LogP contribution in [0.2, 0.25) is 0 Å². The van der Waals surface area contributed by atoms with Crippen molar-refractivity contribution in [3.63, 3.8) is 0 Å². The van der Waals surface area contributed by atoms with Gasteiger partial charge in [0, 0.05) is 12.7 Å². The minimum absolute atomic E-state index is 0.172. The van der Waals surface area contributed by atoms with Gasteiger partial charge in [-0.15, -0.1) is 0 Å². The van der Waals surface area contributed by atoms with E-state index in [2.05, 4.69) is 15.5 Å². The number of methoxy groups -OCH3 is 1. The highest BCUT2D eigenvalue weighted by atomic mass is 19.4. The van der Waals surface area contributed by atoms with Crippen molar-refractivity contribution in [1.82, 2.24) is 24.9 Å². The van der Waals surface area contributed by atoms with E-state index in [-0.39, 0.29) is 18.8 Å². The molecule has 2 aromatic rings. The summed E-state index contributed by atoms with van der Waals surface area (Å²) in [6, 6.07) is 0.909. The standard InChI is InChI=1S/C15H20F3N5O2/c1-5-11-10(14(25-4)22(3)20-11)7-19-13(24)8-23-9(2)6-12(21-23)15(16,17)18/h6H,5,7-8H2,1-4H3,(H,19,24). The van der Waals surface area contributed by atoms with Crippen LogP contribution in [0.5, 0.6) is 5.88 Å². The number of carbonyl (C=O) groups excluding carboxylic acids is 1. The highest BCUT2D eigenvalue weighted by Crippen LogP contribution is 2.28. The lowest BCUT2D eigenvalue weighted by atomic mass is 10.2. The number of alkyl halides is 3. The van der Waals surface area contributed by atoms with Crippen LogP contribution < -0.4 is 10.1 Å². The van der Waals surface area contributed by atoms with Gasteiger partial charge >= 0.3 is 6.18 Å². The van der Waals surface area contributed by atoms with Gasteiger partial charge in [0.15, 0.2) is 5.69 Å². The van der Waals surface area contributed by atoms with Crippen molar-refractivity contribution in [3.8, 4) is 5.88 Å². The molecule has 25 heavy (non-hydrogen) atoms. The lowest BCUT2D eigenvalue weighted by molar-refractivity contribution is -0.141. The molecule has 0 aliphatic heterocycles. The quantitative estimate of drug-likeness (QED) is 0.854. The van der Waals surface area contributed by atoms with Gasteiger partial charge in [0.05, 0.1) is 24.9 Å². The maximum atomic E-state index is 12.7. The SMILES string of the molecule is CCc1nn(C)c(OC)c1CNC(=O)Cn1nc(C(F)(F)F)cc1C. The molecule has 2 heterocycles. The average molecular weight is 359 g/mol. The highest BCUT2D eigenvalue weighted by Gasteiger charge is 2.34. The number of ether oxygens (including phenoxy) is 1. The van der Waals surface area contributed by atoms with E-state index in [4.69, 9.17) is 4.74 Å². The summed E-state index contributed by atoms with van der Waals surface area (Å²) in [6.45, 7) is 3.27. The molecule has 1 amide bonds. The molecule has 0 bridgehead atoms. The fraction of sp³-hybridized carbons (Fsp3) is 0.533. The van der Waals surface area contributed by atoms with Crippen LogP contribution >= 0.6 is 0 Å². The zero-order valence-electron chi connectivity index (χ0n) is 14.4. The van der Waals surface area contributed by atoms with Crippen LogP contribution in [0.3, 0.4) is 0 Å². The van der Waals surface area contributed by atoms with E-state index >= 15 is 0 Å². The number of nitrogens with one attached hydrogen (secondary N) is 1. The first-order valence-electron chi connectivity index (χ1n) is 7.64. The van der Waals surface area contributed by atoms with Crippen molar-refractivity contribution >= 4 is 5.91 Å². The molecule has 2 rings (SSSR count). The van der Waals surface area contributed by atoms with Gasteiger partial charge in [0.2, 0.25) is 11.8 Å². The predicted octanol–water partition coefficient (Wildman–Crippen LogP) is 1.83. The number of aromatic nitrogens is 4. The third-order valence-electron chi connectivity index (χ3n) is 3.73. The summed E-state index contributed by atoms with van der Waals surface area (Å²) in [7, 11) is 3.24. The Morgan fingerprint density at radius 2 is 2.04 bits per heavy atom. The Balaban J connectivity index is 2.06. The number of rotatable bonds is 6. The Morgan fingerprint density at radius 1 is 1.36 bits per heavy atom. The second-order valence-electron chi connectivity index (χ2n) is 5.51. The van der Waals surface area contributed by atoms with E-state index in [1.54, 1.807) is 11.7 Å². The molecule has 0 radical (unpaired) electrons. The Morgan fingerprint density at radius 3 is 2.56 bits per heavy atom. The number of amides is 1.